The van der Waals surface area contributed by atoms with Crippen LogP contribution in [0.15, 0.2) is 48.5 Å². The second-order valence-corrected chi connectivity index (χ2v) is 7.54. The molecule has 4 nitrogen and oxygen atoms in total. The number of hydrogen-bond donors (Lipinski definition) is 0. The molecule has 0 spiro atoms. The molecule has 2 aromatic rings. The molecule has 4 heteroatoms. The van der Waals surface area contributed by atoms with E-state index in [1.807, 2.05) is 48.5 Å². The van der Waals surface area contributed by atoms with Crippen LogP contribution in [0.2, 0.25) is 0 Å². The van der Waals surface area contributed by atoms with E-state index in [9.17, 15) is 4.79 Å². The van der Waals surface area contributed by atoms with Gasteiger partial charge >= 0.3 is 0 Å². The molecule has 0 radical (unpaired) electrons. The van der Waals surface area contributed by atoms with Gasteiger partial charge in [-0.1, -0.05) is 51.1 Å². The van der Waals surface area contributed by atoms with Gasteiger partial charge in [0.15, 0.2) is 6.10 Å². The summed E-state index contributed by atoms with van der Waals surface area (Å²) in [6, 6.07) is 15.6. The summed E-state index contributed by atoms with van der Waals surface area (Å²) >= 11 is 0. The lowest BCUT2D eigenvalue weighted by molar-refractivity contribution is -0.137. The van der Waals surface area contributed by atoms with Crippen LogP contribution in [0.25, 0.3) is 0 Å². The first-order chi connectivity index (χ1) is 12.2. The summed E-state index contributed by atoms with van der Waals surface area (Å²) in [4.78, 5) is 14.3. The third-order valence-corrected chi connectivity index (χ3v) is 4.36. The zero-order valence-electron chi connectivity index (χ0n) is 16.6. The van der Waals surface area contributed by atoms with Gasteiger partial charge in [0.25, 0.3) is 5.91 Å². The van der Waals surface area contributed by atoms with Crippen molar-refractivity contribution in [1.82, 2.24) is 4.90 Å². The number of likely N-dealkylation sites (N-methyl/N-ethyl adjacent to an activating group) is 1. The van der Waals surface area contributed by atoms with E-state index in [-0.39, 0.29) is 11.3 Å². The quantitative estimate of drug-likeness (QED) is 0.770. The molecule has 1 unspecified atom stereocenters. The minimum atomic E-state index is -0.560. The van der Waals surface area contributed by atoms with Crippen molar-refractivity contribution in [2.24, 2.45) is 0 Å². The average molecular weight is 355 g/mol. The maximum Gasteiger partial charge on any atom is 0.263 e. The summed E-state index contributed by atoms with van der Waals surface area (Å²) in [5, 5.41) is 0. The normalized spacial score (nSPS) is 12.4. The number of ether oxygens (including phenoxy) is 2. The predicted octanol–water partition coefficient (Wildman–Crippen LogP) is 4.42. The summed E-state index contributed by atoms with van der Waals surface area (Å²) in [5.74, 6) is 1.40. The van der Waals surface area contributed by atoms with Crippen LogP contribution >= 0.6 is 0 Å². The fraction of sp³-hybridized carbons (Fsp3) is 0.409. The molecule has 0 aromatic heterocycles. The van der Waals surface area contributed by atoms with E-state index in [0.29, 0.717) is 12.3 Å². The van der Waals surface area contributed by atoms with Crippen molar-refractivity contribution in [1.29, 1.82) is 0 Å². The Morgan fingerprint density at radius 2 is 1.69 bits per heavy atom. The maximum absolute atomic E-state index is 12.6. The molecule has 1 atom stereocenters. The van der Waals surface area contributed by atoms with E-state index >= 15 is 0 Å². The fourth-order valence-electron chi connectivity index (χ4n) is 2.77. The molecule has 0 aliphatic carbocycles. The van der Waals surface area contributed by atoms with Gasteiger partial charge in [0.2, 0.25) is 0 Å². The summed E-state index contributed by atoms with van der Waals surface area (Å²) < 4.78 is 11.2. The van der Waals surface area contributed by atoms with Crippen LogP contribution in [0, 0.1) is 0 Å². The first kappa shape index (κ1) is 19.8. The number of benzene rings is 2. The van der Waals surface area contributed by atoms with E-state index < -0.39 is 6.10 Å². The summed E-state index contributed by atoms with van der Waals surface area (Å²) in [6.45, 7) is 8.75. The van der Waals surface area contributed by atoms with Gasteiger partial charge in [0.05, 0.1) is 7.11 Å². The number of carbonyl (C=O) groups excluding carboxylic acids is 1. The number of methoxy groups -OCH3 is 1. The standard InChI is InChI=1S/C22H29NO3/c1-16(26-19-13-11-18(12-14-19)22(2,3)4)21(24)23(5)15-17-9-7-8-10-20(17)25-6/h7-14,16H,15H2,1-6H3. The molecule has 2 rings (SSSR count). The van der Waals surface area contributed by atoms with E-state index in [2.05, 4.69) is 20.8 Å². The Morgan fingerprint density at radius 1 is 1.08 bits per heavy atom. The van der Waals surface area contributed by atoms with Crippen molar-refractivity contribution in [3.05, 3.63) is 59.7 Å². The van der Waals surface area contributed by atoms with Crippen LogP contribution in [-0.4, -0.2) is 31.1 Å². The largest absolute Gasteiger partial charge is 0.496 e. The van der Waals surface area contributed by atoms with Gasteiger partial charge in [-0.3, -0.25) is 4.79 Å². The SMILES string of the molecule is COc1ccccc1CN(C)C(=O)C(C)Oc1ccc(C(C)(C)C)cc1. The molecule has 0 aliphatic rings. The fourth-order valence-corrected chi connectivity index (χ4v) is 2.77. The van der Waals surface area contributed by atoms with Crippen molar-refractivity contribution in [3.63, 3.8) is 0 Å². The summed E-state index contributed by atoms with van der Waals surface area (Å²) in [7, 11) is 3.41. The average Bonchev–Trinajstić information content (AvgIpc) is 2.61. The number of rotatable bonds is 6. The highest BCUT2D eigenvalue weighted by Crippen LogP contribution is 2.25. The summed E-state index contributed by atoms with van der Waals surface area (Å²) in [6.07, 6.45) is -0.560. The Balaban J connectivity index is 2.00. The highest BCUT2D eigenvalue weighted by atomic mass is 16.5. The third-order valence-electron chi connectivity index (χ3n) is 4.36. The van der Waals surface area contributed by atoms with Crippen LogP contribution in [0.3, 0.4) is 0 Å². The molecular weight excluding hydrogens is 326 g/mol. The predicted molar refractivity (Wildman–Crippen MR) is 105 cm³/mol. The lowest BCUT2D eigenvalue weighted by atomic mass is 9.87. The Labute approximate surface area is 156 Å². The highest BCUT2D eigenvalue weighted by molar-refractivity contribution is 5.80. The van der Waals surface area contributed by atoms with Crippen molar-refractivity contribution in [2.45, 2.75) is 45.8 Å². The van der Waals surface area contributed by atoms with E-state index in [1.54, 1.807) is 26.0 Å². The minimum absolute atomic E-state index is 0.0733. The first-order valence-corrected chi connectivity index (χ1v) is 8.86. The van der Waals surface area contributed by atoms with Crippen LogP contribution in [0.1, 0.15) is 38.8 Å². The number of nitrogens with zero attached hydrogens (tertiary/aromatic N) is 1. The lowest BCUT2D eigenvalue weighted by Crippen LogP contribution is -2.37. The van der Waals surface area contributed by atoms with Crippen LogP contribution in [0.5, 0.6) is 11.5 Å². The van der Waals surface area contributed by atoms with Gasteiger partial charge in [0, 0.05) is 19.2 Å². The maximum atomic E-state index is 12.6. The highest BCUT2D eigenvalue weighted by Gasteiger charge is 2.21. The van der Waals surface area contributed by atoms with Crippen molar-refractivity contribution in [2.75, 3.05) is 14.2 Å². The molecule has 0 fully saturated rings. The topological polar surface area (TPSA) is 38.8 Å². The van der Waals surface area contributed by atoms with Gasteiger partial charge in [-0.05, 0) is 36.1 Å². The Morgan fingerprint density at radius 3 is 2.27 bits per heavy atom. The molecule has 0 aliphatic heterocycles. The van der Waals surface area contributed by atoms with Crippen LogP contribution in [-0.2, 0) is 16.8 Å². The Kier molecular flexibility index (Phi) is 6.30. The summed E-state index contributed by atoms with van der Waals surface area (Å²) in [5.41, 5.74) is 2.29. The molecule has 0 saturated heterocycles. The Hall–Kier alpha value is -2.49. The van der Waals surface area contributed by atoms with Gasteiger partial charge in [-0.2, -0.15) is 0 Å². The van der Waals surface area contributed by atoms with E-state index in [0.717, 1.165) is 11.3 Å². The van der Waals surface area contributed by atoms with Crippen molar-refractivity contribution < 1.29 is 14.3 Å². The third kappa shape index (κ3) is 5.01. The van der Waals surface area contributed by atoms with Gasteiger partial charge in [-0.15, -0.1) is 0 Å². The van der Waals surface area contributed by atoms with E-state index in [1.165, 1.54) is 5.56 Å². The smallest absolute Gasteiger partial charge is 0.263 e. The first-order valence-electron chi connectivity index (χ1n) is 8.86. The zero-order valence-corrected chi connectivity index (χ0v) is 16.6. The van der Waals surface area contributed by atoms with Crippen LogP contribution in [0.4, 0.5) is 0 Å². The number of amides is 1. The lowest BCUT2D eigenvalue weighted by Gasteiger charge is -2.23. The van der Waals surface area contributed by atoms with E-state index in [4.69, 9.17) is 9.47 Å². The monoisotopic (exact) mass is 355 g/mol. The molecule has 140 valence electrons. The molecule has 0 heterocycles. The Bertz CT molecular complexity index is 732. The second kappa shape index (κ2) is 8.26. The molecule has 2 aromatic carbocycles. The number of hydrogen-bond acceptors (Lipinski definition) is 3. The van der Waals surface area contributed by atoms with Crippen molar-refractivity contribution in [3.8, 4) is 11.5 Å². The number of carbonyl (C=O) groups is 1. The molecule has 26 heavy (non-hydrogen) atoms. The molecule has 0 bridgehead atoms. The molecule has 0 N–H and O–H groups in total. The van der Waals surface area contributed by atoms with Gasteiger partial charge < -0.3 is 14.4 Å². The van der Waals surface area contributed by atoms with Crippen LogP contribution < -0.4 is 9.47 Å². The zero-order chi connectivity index (χ0) is 19.3. The van der Waals surface area contributed by atoms with Crippen molar-refractivity contribution >= 4 is 5.91 Å². The van der Waals surface area contributed by atoms with Gasteiger partial charge in [0.1, 0.15) is 11.5 Å². The minimum Gasteiger partial charge on any atom is -0.496 e. The molecular formula is C22H29NO3. The molecule has 0 saturated carbocycles. The number of para-hydroxylation sites is 1. The van der Waals surface area contributed by atoms with Gasteiger partial charge in [-0.25, -0.2) is 0 Å². The molecule has 1 amide bonds. The second-order valence-electron chi connectivity index (χ2n) is 7.54.